The van der Waals surface area contributed by atoms with Gasteiger partial charge in [-0.25, -0.2) is 9.37 Å². The Balaban J connectivity index is 2.43. The summed E-state index contributed by atoms with van der Waals surface area (Å²) in [5.41, 5.74) is 2.29. The molecule has 1 aromatic heterocycles. The molecule has 0 saturated carbocycles. The highest BCUT2D eigenvalue weighted by molar-refractivity contribution is 5.92. The average molecular weight is 276 g/mol. The molecule has 1 aromatic carbocycles. The maximum atomic E-state index is 13.9. The number of ether oxygens (including phenoxy) is 1. The first-order valence-electron chi connectivity index (χ1n) is 7.06. The Hall–Kier alpha value is -1.68. The van der Waals surface area contributed by atoms with Crippen LogP contribution in [0.3, 0.4) is 0 Å². The smallest absolute Gasteiger partial charge is 0.149 e. The lowest BCUT2D eigenvalue weighted by Crippen LogP contribution is -2.27. The average Bonchev–Trinajstić information content (AvgIpc) is 2.44. The molecule has 2 rings (SSSR count). The number of nitrogens with zero attached hydrogens (tertiary/aromatic N) is 2. The van der Waals surface area contributed by atoms with Crippen LogP contribution in [0, 0.1) is 12.7 Å². The molecule has 0 aliphatic carbocycles. The van der Waals surface area contributed by atoms with Crippen LogP contribution in [0.2, 0.25) is 0 Å². The molecule has 0 aliphatic rings. The van der Waals surface area contributed by atoms with E-state index in [1.54, 1.807) is 6.07 Å². The molecule has 0 radical (unpaired) electrons. The van der Waals surface area contributed by atoms with Crippen LogP contribution in [0.15, 0.2) is 24.3 Å². The third-order valence-electron chi connectivity index (χ3n) is 3.33. The zero-order valence-corrected chi connectivity index (χ0v) is 12.3. The topological polar surface area (TPSA) is 25.4 Å². The molecule has 0 atom stereocenters. The summed E-state index contributed by atoms with van der Waals surface area (Å²) in [6.07, 6.45) is 0. The number of likely N-dealkylation sites (N-methyl/N-ethyl adjacent to an activating group) is 1. The zero-order chi connectivity index (χ0) is 14.5. The third-order valence-corrected chi connectivity index (χ3v) is 3.33. The minimum absolute atomic E-state index is 0.270. The standard InChI is InChI=1S/C16H21FN2O/c1-4-19(9-10-20-5-2)15-11-12(3)18-16-13(15)7-6-8-14(16)17/h6-8,11H,4-5,9-10H2,1-3H3. The molecule has 0 aliphatic heterocycles. The van der Waals surface area contributed by atoms with Crippen molar-refractivity contribution < 1.29 is 9.13 Å². The first-order chi connectivity index (χ1) is 9.67. The van der Waals surface area contributed by atoms with Gasteiger partial charge in [0.2, 0.25) is 0 Å². The molecule has 0 unspecified atom stereocenters. The minimum Gasteiger partial charge on any atom is -0.380 e. The largest absolute Gasteiger partial charge is 0.380 e. The molecule has 1 heterocycles. The molecular formula is C16H21FN2O. The van der Waals surface area contributed by atoms with E-state index < -0.39 is 0 Å². The Kier molecular flexibility index (Phi) is 4.90. The summed E-state index contributed by atoms with van der Waals surface area (Å²) < 4.78 is 19.3. The molecule has 0 fully saturated rings. The quantitative estimate of drug-likeness (QED) is 0.755. The lowest BCUT2D eigenvalue weighted by molar-refractivity contribution is 0.154. The van der Waals surface area contributed by atoms with E-state index in [0.717, 1.165) is 29.9 Å². The van der Waals surface area contributed by atoms with Gasteiger partial charge < -0.3 is 9.64 Å². The number of aromatic nitrogens is 1. The maximum Gasteiger partial charge on any atom is 0.149 e. The van der Waals surface area contributed by atoms with Crippen molar-refractivity contribution in [3.63, 3.8) is 0 Å². The van der Waals surface area contributed by atoms with E-state index in [4.69, 9.17) is 4.74 Å². The highest BCUT2D eigenvalue weighted by atomic mass is 19.1. The van der Waals surface area contributed by atoms with E-state index in [-0.39, 0.29) is 5.82 Å². The van der Waals surface area contributed by atoms with Gasteiger partial charge in [0.15, 0.2) is 0 Å². The molecule has 0 spiro atoms. The van der Waals surface area contributed by atoms with E-state index in [1.807, 2.05) is 26.0 Å². The summed E-state index contributed by atoms with van der Waals surface area (Å²) in [4.78, 5) is 6.52. The molecular weight excluding hydrogens is 255 g/mol. The van der Waals surface area contributed by atoms with Crippen molar-refractivity contribution in [1.29, 1.82) is 0 Å². The van der Waals surface area contributed by atoms with E-state index in [2.05, 4.69) is 16.8 Å². The van der Waals surface area contributed by atoms with Crippen LogP contribution >= 0.6 is 0 Å². The van der Waals surface area contributed by atoms with Crippen molar-refractivity contribution in [2.75, 3.05) is 31.2 Å². The number of benzene rings is 1. The van der Waals surface area contributed by atoms with Crippen LogP contribution < -0.4 is 4.90 Å². The number of hydrogen-bond donors (Lipinski definition) is 0. The predicted octanol–water partition coefficient (Wildman–Crippen LogP) is 3.55. The van der Waals surface area contributed by atoms with Crippen molar-refractivity contribution in [2.45, 2.75) is 20.8 Å². The number of fused-ring (bicyclic) bond motifs is 1. The molecule has 3 nitrogen and oxygen atoms in total. The number of anilines is 1. The van der Waals surface area contributed by atoms with Crippen molar-refractivity contribution in [3.8, 4) is 0 Å². The second-order valence-corrected chi connectivity index (χ2v) is 4.70. The van der Waals surface area contributed by atoms with Gasteiger partial charge in [-0.05, 0) is 32.9 Å². The Bertz CT molecular complexity index is 586. The number of para-hydroxylation sites is 1. The summed E-state index contributed by atoms with van der Waals surface area (Å²) in [5, 5.41) is 0.856. The van der Waals surface area contributed by atoms with E-state index in [9.17, 15) is 4.39 Å². The van der Waals surface area contributed by atoms with Crippen LogP contribution in [-0.4, -0.2) is 31.3 Å². The monoisotopic (exact) mass is 276 g/mol. The maximum absolute atomic E-state index is 13.9. The van der Waals surface area contributed by atoms with Crippen LogP contribution in [-0.2, 0) is 4.74 Å². The number of rotatable bonds is 6. The van der Waals surface area contributed by atoms with Gasteiger partial charge >= 0.3 is 0 Å². The van der Waals surface area contributed by atoms with Crippen LogP contribution in [0.1, 0.15) is 19.5 Å². The summed E-state index contributed by atoms with van der Waals surface area (Å²) in [6.45, 7) is 8.99. The molecule has 0 amide bonds. The summed E-state index contributed by atoms with van der Waals surface area (Å²) >= 11 is 0. The fourth-order valence-corrected chi connectivity index (χ4v) is 2.35. The first-order valence-corrected chi connectivity index (χ1v) is 7.06. The second kappa shape index (κ2) is 6.66. The van der Waals surface area contributed by atoms with Crippen molar-refractivity contribution in [1.82, 2.24) is 4.98 Å². The first kappa shape index (κ1) is 14.7. The van der Waals surface area contributed by atoms with Gasteiger partial charge in [0.1, 0.15) is 11.3 Å². The third kappa shape index (κ3) is 3.07. The number of hydrogen-bond acceptors (Lipinski definition) is 3. The van der Waals surface area contributed by atoms with Crippen LogP contribution in [0.25, 0.3) is 10.9 Å². The fraction of sp³-hybridized carbons (Fsp3) is 0.438. The second-order valence-electron chi connectivity index (χ2n) is 4.70. The summed E-state index contributed by atoms with van der Waals surface area (Å²) in [7, 11) is 0. The van der Waals surface area contributed by atoms with Gasteiger partial charge in [0.25, 0.3) is 0 Å². The molecule has 20 heavy (non-hydrogen) atoms. The van der Waals surface area contributed by atoms with Crippen LogP contribution in [0.5, 0.6) is 0 Å². The van der Waals surface area contributed by atoms with E-state index in [0.29, 0.717) is 18.7 Å². The number of aryl methyl sites for hydroxylation is 1. The predicted molar refractivity (Wildman–Crippen MR) is 80.8 cm³/mol. The van der Waals surface area contributed by atoms with E-state index in [1.165, 1.54) is 6.07 Å². The zero-order valence-electron chi connectivity index (χ0n) is 12.3. The normalized spacial score (nSPS) is 11.0. The van der Waals surface area contributed by atoms with Crippen LogP contribution in [0.4, 0.5) is 10.1 Å². The molecule has 0 saturated heterocycles. The van der Waals surface area contributed by atoms with Gasteiger partial charge in [-0.15, -0.1) is 0 Å². The molecule has 2 aromatic rings. The van der Waals surface area contributed by atoms with Crippen molar-refractivity contribution in [3.05, 3.63) is 35.8 Å². The highest BCUT2D eigenvalue weighted by Gasteiger charge is 2.12. The van der Waals surface area contributed by atoms with Crippen molar-refractivity contribution >= 4 is 16.6 Å². The van der Waals surface area contributed by atoms with Gasteiger partial charge in [0, 0.05) is 36.5 Å². The Morgan fingerprint density at radius 2 is 2.10 bits per heavy atom. The van der Waals surface area contributed by atoms with Crippen molar-refractivity contribution in [2.24, 2.45) is 0 Å². The lowest BCUT2D eigenvalue weighted by Gasteiger charge is -2.25. The summed E-state index contributed by atoms with van der Waals surface area (Å²) in [5.74, 6) is -0.270. The Morgan fingerprint density at radius 3 is 2.80 bits per heavy atom. The molecule has 0 bridgehead atoms. The summed E-state index contributed by atoms with van der Waals surface area (Å²) in [6, 6.07) is 7.12. The lowest BCUT2D eigenvalue weighted by atomic mass is 10.1. The molecule has 0 N–H and O–H groups in total. The molecule has 108 valence electrons. The van der Waals surface area contributed by atoms with Gasteiger partial charge in [-0.1, -0.05) is 12.1 Å². The Morgan fingerprint density at radius 1 is 1.30 bits per heavy atom. The minimum atomic E-state index is -0.270. The Labute approximate surface area is 119 Å². The highest BCUT2D eigenvalue weighted by Crippen LogP contribution is 2.28. The number of pyridine rings is 1. The van der Waals surface area contributed by atoms with E-state index >= 15 is 0 Å². The number of halogens is 1. The van der Waals surface area contributed by atoms with Gasteiger partial charge in [-0.2, -0.15) is 0 Å². The fourth-order valence-electron chi connectivity index (χ4n) is 2.35. The SMILES string of the molecule is CCOCCN(CC)c1cc(C)nc2c(F)cccc12. The van der Waals surface area contributed by atoms with Gasteiger partial charge in [0.05, 0.1) is 6.61 Å². The molecule has 4 heteroatoms. The van der Waals surface area contributed by atoms with Gasteiger partial charge in [-0.3, -0.25) is 0 Å².